The zero-order valence-electron chi connectivity index (χ0n) is 7.96. The van der Waals surface area contributed by atoms with Crippen LogP contribution in [0.15, 0.2) is 36.4 Å². The van der Waals surface area contributed by atoms with Crippen molar-refractivity contribution in [3.8, 4) is 5.75 Å². The Morgan fingerprint density at radius 3 is 2.36 bits per heavy atom. The molecule has 2 aromatic rings. The van der Waals surface area contributed by atoms with Crippen LogP contribution in [0.4, 0.5) is 0 Å². The first kappa shape index (κ1) is 11.5. The van der Waals surface area contributed by atoms with E-state index in [0.29, 0.717) is 0 Å². The third-order valence-corrected chi connectivity index (χ3v) is 3.03. The first-order valence-electron chi connectivity index (χ1n) is 4.19. The fraction of sp³-hybridized carbons (Fsp3) is 0.0909. The maximum atomic E-state index is 5.16. The van der Waals surface area contributed by atoms with E-state index in [9.17, 15) is 0 Å². The molecule has 0 bridgehead atoms. The second-order valence-corrected chi connectivity index (χ2v) is 4.76. The molecular weight excluding hydrogens is 249 g/mol. The fourth-order valence-corrected chi connectivity index (χ4v) is 2.11. The van der Waals surface area contributed by atoms with Gasteiger partial charge in [0.2, 0.25) is 0 Å². The molecule has 2 rings (SSSR count). The second kappa shape index (κ2) is 4.77. The van der Waals surface area contributed by atoms with Gasteiger partial charge >= 0.3 is 87.2 Å². The summed E-state index contributed by atoms with van der Waals surface area (Å²) in [4.78, 5) is 0. The van der Waals surface area contributed by atoms with Gasteiger partial charge in [0, 0.05) is 0 Å². The van der Waals surface area contributed by atoms with Crippen molar-refractivity contribution >= 4 is 14.9 Å². The van der Waals surface area contributed by atoms with Crippen molar-refractivity contribution in [2.24, 2.45) is 0 Å². The number of fused-ring (bicyclic) bond motifs is 1. The molecule has 0 unspecified atom stereocenters. The second-order valence-electron chi connectivity index (χ2n) is 3.05. The molecule has 0 aliphatic rings. The summed E-state index contributed by atoms with van der Waals surface area (Å²) >= 11 is 1.21. The van der Waals surface area contributed by atoms with Crippen molar-refractivity contribution in [3.05, 3.63) is 36.4 Å². The van der Waals surface area contributed by atoms with Crippen LogP contribution in [-0.2, 0) is 18.3 Å². The predicted octanol–water partition coefficient (Wildman–Crippen LogP) is -0.976. The minimum Gasteiger partial charge on any atom is -1.00 e. The molecule has 0 heterocycles. The Bertz CT molecular complexity index is 442. The van der Waals surface area contributed by atoms with Crippen LogP contribution in [0.2, 0.25) is 0 Å². The Morgan fingerprint density at radius 1 is 1.00 bits per heavy atom. The monoisotopic (exact) mass is 256 g/mol. The average molecular weight is 258 g/mol. The maximum Gasteiger partial charge on any atom is -1.00 e. The fourth-order valence-electron chi connectivity index (χ4n) is 1.40. The van der Waals surface area contributed by atoms with Crippen LogP contribution in [-0.4, -0.2) is 7.11 Å². The minimum atomic E-state index is 0. The summed E-state index contributed by atoms with van der Waals surface area (Å²) in [6.45, 7) is 0. The van der Waals surface area contributed by atoms with Gasteiger partial charge < -0.3 is 12.4 Å². The van der Waals surface area contributed by atoms with Gasteiger partial charge in [-0.15, -0.1) is 0 Å². The molecule has 14 heavy (non-hydrogen) atoms. The molecule has 0 atom stereocenters. The first-order valence-corrected chi connectivity index (χ1v) is 5.68. The topological polar surface area (TPSA) is 9.23 Å². The van der Waals surface area contributed by atoms with Crippen molar-refractivity contribution in [3.63, 3.8) is 0 Å². The van der Waals surface area contributed by atoms with E-state index in [-0.39, 0.29) is 12.4 Å². The summed E-state index contributed by atoms with van der Waals surface area (Å²) < 4.78 is 6.57. The van der Waals surface area contributed by atoms with Gasteiger partial charge in [-0.25, -0.2) is 0 Å². The largest absolute Gasteiger partial charge is 1.00 e. The molecule has 0 aromatic heterocycles. The summed E-state index contributed by atoms with van der Waals surface area (Å²) in [6, 6.07) is 12.7. The third-order valence-electron chi connectivity index (χ3n) is 2.11. The van der Waals surface area contributed by atoms with Crippen LogP contribution >= 0.6 is 0 Å². The quantitative estimate of drug-likeness (QED) is 0.598. The molecule has 0 saturated heterocycles. The zero-order valence-corrected chi connectivity index (χ0v) is 11.7. The van der Waals surface area contributed by atoms with Crippen molar-refractivity contribution in [1.29, 1.82) is 0 Å². The summed E-state index contributed by atoms with van der Waals surface area (Å²) in [5.74, 6) is 0.923. The number of hydrogen-bond donors (Lipinski definition) is 0. The van der Waals surface area contributed by atoms with Gasteiger partial charge in [0.05, 0.1) is 0 Å². The Labute approximate surface area is 99.5 Å². The summed E-state index contributed by atoms with van der Waals surface area (Å²) in [7, 11) is 1.70. The van der Waals surface area contributed by atoms with Crippen molar-refractivity contribution in [1.82, 2.24) is 0 Å². The van der Waals surface area contributed by atoms with Gasteiger partial charge in [-0.05, 0) is 0 Å². The van der Waals surface area contributed by atoms with E-state index in [2.05, 4.69) is 30.3 Å². The molecule has 2 aromatic carbocycles. The Balaban J connectivity index is 0.000000980. The smallest absolute Gasteiger partial charge is 1.00 e. The number of ether oxygens (including phenoxy) is 1. The molecule has 1 nitrogen and oxygen atoms in total. The van der Waals surface area contributed by atoms with Crippen LogP contribution in [0.3, 0.4) is 0 Å². The number of methoxy groups -OCH3 is 1. The zero-order chi connectivity index (χ0) is 9.26. The van der Waals surface area contributed by atoms with Gasteiger partial charge in [0.1, 0.15) is 0 Å². The van der Waals surface area contributed by atoms with E-state index in [1.165, 1.54) is 33.2 Å². The summed E-state index contributed by atoms with van der Waals surface area (Å²) in [5.41, 5.74) is 0. The molecule has 0 radical (unpaired) electrons. The van der Waals surface area contributed by atoms with E-state index in [4.69, 9.17) is 4.74 Å². The molecule has 0 amide bonds. The molecule has 0 N–H and O–H groups in total. The average Bonchev–Trinajstić information content (AvgIpc) is 2.17. The standard InChI is InChI=1S/C11H9O.ClH.Zn/c1-12-11-7-6-9-4-2-3-5-10(9)8-11;;/h3-8H,1H3;1H;/q;;+1/p-1. The molecule has 0 aliphatic heterocycles. The number of benzene rings is 2. The molecule has 0 spiro atoms. The van der Waals surface area contributed by atoms with E-state index in [0.717, 1.165) is 5.75 Å². The van der Waals surface area contributed by atoms with Gasteiger partial charge in [0.15, 0.2) is 0 Å². The third kappa shape index (κ3) is 2.26. The number of rotatable bonds is 1. The summed E-state index contributed by atoms with van der Waals surface area (Å²) in [6.07, 6.45) is 0. The van der Waals surface area contributed by atoms with Crippen LogP contribution in [0.1, 0.15) is 0 Å². The first-order chi connectivity index (χ1) is 6.29. The molecule has 0 saturated carbocycles. The van der Waals surface area contributed by atoms with E-state index in [1.54, 1.807) is 7.11 Å². The summed E-state index contributed by atoms with van der Waals surface area (Å²) in [5, 5.41) is 2.54. The molecular formula is C11H9ClOZn. The van der Waals surface area contributed by atoms with Crippen LogP contribution in [0.5, 0.6) is 5.75 Å². The van der Waals surface area contributed by atoms with Crippen molar-refractivity contribution in [2.75, 3.05) is 7.11 Å². The SMILES string of the molecule is COc1ccc2c[c]([Zn+])ccc2c1.[Cl-]. The Morgan fingerprint density at radius 2 is 1.64 bits per heavy atom. The van der Waals surface area contributed by atoms with Gasteiger partial charge in [0.25, 0.3) is 0 Å². The molecule has 0 fully saturated rings. The van der Waals surface area contributed by atoms with Crippen LogP contribution in [0, 0.1) is 0 Å². The van der Waals surface area contributed by atoms with E-state index >= 15 is 0 Å². The predicted molar refractivity (Wildman–Crippen MR) is 50.1 cm³/mol. The van der Waals surface area contributed by atoms with Crippen LogP contribution in [0.25, 0.3) is 10.8 Å². The molecule has 68 valence electrons. The van der Waals surface area contributed by atoms with E-state index < -0.39 is 0 Å². The van der Waals surface area contributed by atoms with Crippen molar-refractivity contribution < 1.29 is 35.4 Å². The normalized spacial score (nSPS) is 9.64. The Kier molecular flexibility index (Phi) is 3.91. The van der Waals surface area contributed by atoms with Gasteiger partial charge in [-0.3, -0.25) is 0 Å². The molecule has 3 heteroatoms. The number of hydrogen-bond acceptors (Lipinski definition) is 1. The van der Waals surface area contributed by atoms with E-state index in [1.807, 2.05) is 6.07 Å². The van der Waals surface area contributed by atoms with Crippen molar-refractivity contribution in [2.45, 2.75) is 0 Å². The van der Waals surface area contributed by atoms with Gasteiger partial charge in [-0.1, -0.05) is 0 Å². The van der Waals surface area contributed by atoms with Gasteiger partial charge in [-0.2, -0.15) is 0 Å². The Hall–Kier alpha value is -0.587. The maximum absolute atomic E-state index is 5.16. The minimum absolute atomic E-state index is 0. The van der Waals surface area contributed by atoms with Crippen LogP contribution < -0.4 is 21.3 Å². The number of halogens is 1. The molecule has 0 aliphatic carbocycles.